The van der Waals surface area contributed by atoms with Gasteiger partial charge < -0.3 is 24.1 Å². The first kappa shape index (κ1) is 19.1. The van der Waals surface area contributed by atoms with E-state index in [1.165, 1.54) is 11.1 Å². The second-order valence-corrected chi connectivity index (χ2v) is 9.78. The standard InChI is InChI=1S/C24H31NO5/c1-15(2)6-10-25-11-9-22-19-16-4-5-17(27-3)20(19)30-21(22)24(28-12-13-29-24)8-7-23(22,26)18(25)14-16/h4-6,18,21,26H,7-14H2,1-3H3/t18-,21?,22+,23?/m0/s1. The number of rotatable bonds is 3. The highest BCUT2D eigenvalue weighted by Crippen LogP contribution is 2.68. The molecule has 4 atom stereocenters. The third-order valence-corrected chi connectivity index (χ3v) is 8.29. The summed E-state index contributed by atoms with van der Waals surface area (Å²) in [5, 5.41) is 12.5. The van der Waals surface area contributed by atoms with E-state index in [-0.39, 0.29) is 12.1 Å². The third-order valence-electron chi connectivity index (χ3n) is 8.29. The average molecular weight is 414 g/mol. The van der Waals surface area contributed by atoms with Crippen molar-refractivity contribution < 1.29 is 24.1 Å². The van der Waals surface area contributed by atoms with Gasteiger partial charge in [0, 0.05) is 24.6 Å². The smallest absolute Gasteiger partial charge is 0.207 e. The number of fused-ring (bicyclic) bond motifs is 1. The average Bonchev–Trinajstić information content (AvgIpc) is 3.33. The van der Waals surface area contributed by atoms with Crippen LogP contribution in [-0.4, -0.2) is 67.0 Å². The molecule has 0 amide bonds. The molecular formula is C24H31NO5. The molecule has 1 aromatic rings. The van der Waals surface area contributed by atoms with E-state index in [9.17, 15) is 5.11 Å². The summed E-state index contributed by atoms with van der Waals surface area (Å²) in [6, 6.07) is 4.23. The first-order chi connectivity index (χ1) is 14.5. The van der Waals surface area contributed by atoms with Crippen LogP contribution in [-0.2, 0) is 21.3 Å². The fourth-order valence-corrected chi connectivity index (χ4v) is 7.02. The molecule has 1 N–H and O–H groups in total. The highest BCUT2D eigenvalue weighted by atomic mass is 16.8. The largest absolute Gasteiger partial charge is 0.493 e. The lowest BCUT2D eigenvalue weighted by Crippen LogP contribution is -2.79. The lowest BCUT2D eigenvalue weighted by atomic mass is 9.48. The zero-order chi connectivity index (χ0) is 20.7. The van der Waals surface area contributed by atoms with Crippen LogP contribution in [0.15, 0.2) is 23.8 Å². The molecule has 30 heavy (non-hydrogen) atoms. The van der Waals surface area contributed by atoms with Gasteiger partial charge in [-0.3, -0.25) is 4.90 Å². The van der Waals surface area contributed by atoms with E-state index < -0.39 is 16.8 Å². The number of hydrogen-bond acceptors (Lipinski definition) is 6. The summed E-state index contributed by atoms with van der Waals surface area (Å²) >= 11 is 0. The second kappa shape index (κ2) is 6.22. The number of methoxy groups -OCH3 is 1. The molecule has 2 spiro atoms. The van der Waals surface area contributed by atoms with Crippen LogP contribution in [0.25, 0.3) is 0 Å². The quantitative estimate of drug-likeness (QED) is 0.769. The van der Waals surface area contributed by atoms with Gasteiger partial charge in [0.2, 0.25) is 5.79 Å². The van der Waals surface area contributed by atoms with E-state index in [2.05, 4.69) is 30.9 Å². The molecule has 162 valence electrons. The van der Waals surface area contributed by atoms with Gasteiger partial charge in [0.15, 0.2) is 17.6 Å². The van der Waals surface area contributed by atoms with E-state index in [0.717, 1.165) is 43.0 Å². The van der Waals surface area contributed by atoms with Gasteiger partial charge in [-0.2, -0.15) is 0 Å². The van der Waals surface area contributed by atoms with Gasteiger partial charge in [-0.1, -0.05) is 17.7 Å². The molecule has 1 saturated carbocycles. The highest BCUT2D eigenvalue weighted by Gasteiger charge is 2.77. The molecule has 3 heterocycles. The molecule has 2 bridgehead atoms. The van der Waals surface area contributed by atoms with Gasteiger partial charge in [0.1, 0.15) is 0 Å². The number of allylic oxidation sites excluding steroid dienone is 1. The lowest BCUT2D eigenvalue weighted by Gasteiger charge is -2.65. The Labute approximate surface area is 177 Å². The summed E-state index contributed by atoms with van der Waals surface area (Å²) in [6.07, 6.45) is 4.86. The minimum Gasteiger partial charge on any atom is -0.493 e. The van der Waals surface area contributed by atoms with Gasteiger partial charge in [-0.05, 0) is 51.3 Å². The molecule has 2 aliphatic carbocycles. The van der Waals surface area contributed by atoms with Crippen LogP contribution in [0.5, 0.6) is 11.5 Å². The molecule has 2 saturated heterocycles. The third kappa shape index (κ3) is 2.13. The summed E-state index contributed by atoms with van der Waals surface area (Å²) in [5.74, 6) is 0.741. The van der Waals surface area contributed by atoms with Crippen molar-refractivity contribution in [2.24, 2.45) is 0 Å². The molecule has 1 aromatic carbocycles. The molecular weight excluding hydrogens is 382 g/mol. The predicted molar refractivity (Wildman–Crippen MR) is 111 cm³/mol. The number of hydrogen-bond donors (Lipinski definition) is 1. The van der Waals surface area contributed by atoms with E-state index in [1.54, 1.807) is 7.11 Å². The van der Waals surface area contributed by atoms with E-state index in [0.29, 0.717) is 26.1 Å². The van der Waals surface area contributed by atoms with Crippen molar-refractivity contribution in [3.8, 4) is 11.5 Å². The molecule has 3 aliphatic heterocycles. The van der Waals surface area contributed by atoms with E-state index >= 15 is 0 Å². The van der Waals surface area contributed by atoms with Crippen LogP contribution in [0.2, 0.25) is 0 Å². The van der Waals surface area contributed by atoms with Gasteiger partial charge in [-0.25, -0.2) is 0 Å². The number of likely N-dealkylation sites (tertiary alicyclic amines) is 1. The van der Waals surface area contributed by atoms with Crippen molar-refractivity contribution in [2.45, 2.75) is 68.5 Å². The zero-order valence-electron chi connectivity index (χ0n) is 18.1. The molecule has 3 fully saturated rings. The lowest BCUT2D eigenvalue weighted by molar-refractivity contribution is -0.296. The summed E-state index contributed by atoms with van der Waals surface area (Å²) in [5.41, 5.74) is 2.31. The van der Waals surface area contributed by atoms with Gasteiger partial charge in [0.05, 0.1) is 31.3 Å². The predicted octanol–water partition coefficient (Wildman–Crippen LogP) is 2.56. The Bertz CT molecular complexity index is 918. The van der Waals surface area contributed by atoms with Gasteiger partial charge in [0.25, 0.3) is 0 Å². The number of piperidine rings is 1. The SMILES string of the molecule is COc1ccc2c3c1OC1C4(CCC5(O)[C@H](C2)N(CC=C(C)C)CC[C@@]315)OCCO4. The zero-order valence-corrected chi connectivity index (χ0v) is 18.1. The fourth-order valence-electron chi connectivity index (χ4n) is 7.02. The highest BCUT2D eigenvalue weighted by molar-refractivity contribution is 5.63. The number of ether oxygens (including phenoxy) is 4. The van der Waals surface area contributed by atoms with Crippen molar-refractivity contribution in [1.29, 1.82) is 0 Å². The maximum absolute atomic E-state index is 12.5. The molecule has 0 aromatic heterocycles. The number of aliphatic hydroxyl groups is 1. The summed E-state index contributed by atoms with van der Waals surface area (Å²) in [7, 11) is 1.68. The molecule has 6 heteroatoms. The van der Waals surface area contributed by atoms with Crippen molar-refractivity contribution in [2.75, 3.05) is 33.4 Å². The molecule has 2 unspecified atom stereocenters. The topological polar surface area (TPSA) is 60.4 Å². The molecule has 6 rings (SSSR count). The van der Waals surface area contributed by atoms with E-state index in [1.807, 2.05) is 6.07 Å². The summed E-state index contributed by atoms with van der Waals surface area (Å²) < 4.78 is 24.8. The number of benzene rings is 1. The molecule has 5 aliphatic rings. The maximum atomic E-state index is 12.5. The van der Waals surface area contributed by atoms with Crippen LogP contribution in [0.3, 0.4) is 0 Å². The Balaban J connectivity index is 1.55. The second-order valence-electron chi connectivity index (χ2n) is 9.78. The van der Waals surface area contributed by atoms with Gasteiger partial charge >= 0.3 is 0 Å². The minimum atomic E-state index is -0.878. The normalized spacial score (nSPS) is 37.6. The summed E-state index contributed by atoms with van der Waals surface area (Å²) in [6.45, 7) is 7.20. The Kier molecular flexibility index (Phi) is 3.96. The van der Waals surface area contributed by atoms with Crippen molar-refractivity contribution in [3.05, 3.63) is 34.9 Å². The Morgan fingerprint density at radius 3 is 2.77 bits per heavy atom. The fraction of sp³-hybridized carbons (Fsp3) is 0.667. The Morgan fingerprint density at radius 2 is 2.03 bits per heavy atom. The van der Waals surface area contributed by atoms with Crippen LogP contribution in [0, 0.1) is 0 Å². The van der Waals surface area contributed by atoms with Gasteiger partial charge in [-0.15, -0.1) is 0 Å². The Morgan fingerprint density at radius 1 is 1.23 bits per heavy atom. The maximum Gasteiger partial charge on any atom is 0.207 e. The van der Waals surface area contributed by atoms with Crippen molar-refractivity contribution in [3.63, 3.8) is 0 Å². The van der Waals surface area contributed by atoms with E-state index in [4.69, 9.17) is 18.9 Å². The van der Waals surface area contributed by atoms with Crippen LogP contribution >= 0.6 is 0 Å². The first-order valence-electron chi connectivity index (χ1n) is 11.2. The minimum absolute atomic E-state index is 0.0542. The molecule has 6 nitrogen and oxygen atoms in total. The summed E-state index contributed by atoms with van der Waals surface area (Å²) in [4.78, 5) is 2.47. The number of nitrogens with zero attached hydrogens (tertiary/aromatic N) is 1. The Hall–Kier alpha value is -1.60. The van der Waals surface area contributed by atoms with Crippen LogP contribution < -0.4 is 9.47 Å². The van der Waals surface area contributed by atoms with Crippen molar-refractivity contribution in [1.82, 2.24) is 4.90 Å². The first-order valence-corrected chi connectivity index (χ1v) is 11.2. The van der Waals surface area contributed by atoms with Crippen LogP contribution in [0.1, 0.15) is 44.2 Å². The molecule has 0 radical (unpaired) electrons. The monoisotopic (exact) mass is 413 g/mol. The van der Waals surface area contributed by atoms with Crippen molar-refractivity contribution >= 4 is 0 Å². The van der Waals surface area contributed by atoms with Crippen LogP contribution in [0.4, 0.5) is 0 Å².